The van der Waals surface area contributed by atoms with Gasteiger partial charge in [-0.25, -0.2) is 4.79 Å². The molecule has 0 saturated heterocycles. The lowest BCUT2D eigenvalue weighted by Gasteiger charge is -2.02. The summed E-state index contributed by atoms with van der Waals surface area (Å²) >= 11 is 11.7. The van der Waals surface area contributed by atoms with E-state index < -0.39 is 5.97 Å². The van der Waals surface area contributed by atoms with E-state index in [1.807, 2.05) is 6.92 Å². The van der Waals surface area contributed by atoms with Crippen molar-refractivity contribution < 1.29 is 14.4 Å². The van der Waals surface area contributed by atoms with E-state index in [1.165, 1.54) is 6.21 Å². The van der Waals surface area contributed by atoms with Crippen LogP contribution in [0.2, 0.25) is 10.0 Å². The van der Waals surface area contributed by atoms with E-state index in [1.54, 1.807) is 18.2 Å². The molecule has 6 heteroatoms. The van der Waals surface area contributed by atoms with Crippen molar-refractivity contribution in [2.24, 2.45) is 5.16 Å². The van der Waals surface area contributed by atoms with Gasteiger partial charge in [-0.3, -0.25) is 0 Å². The van der Waals surface area contributed by atoms with Crippen molar-refractivity contribution in [2.75, 3.05) is 13.2 Å². The van der Waals surface area contributed by atoms with Gasteiger partial charge in [0, 0.05) is 10.6 Å². The van der Waals surface area contributed by atoms with Crippen LogP contribution >= 0.6 is 23.2 Å². The van der Waals surface area contributed by atoms with Gasteiger partial charge >= 0.3 is 5.97 Å². The zero-order valence-corrected chi connectivity index (χ0v) is 12.1. The molecule has 0 heterocycles. The summed E-state index contributed by atoms with van der Waals surface area (Å²) in [5, 5.41) is 4.65. The maximum atomic E-state index is 11.2. The summed E-state index contributed by atoms with van der Waals surface area (Å²) in [4.78, 5) is 16.0. The third-order valence-corrected chi connectivity index (χ3v) is 2.73. The molecule has 1 aromatic rings. The van der Waals surface area contributed by atoms with E-state index in [4.69, 9.17) is 32.8 Å². The standard InChI is InChI=1S/C13H15Cl2NO3/c1-2-3-6-18-13(17)9-19-16-8-10-4-5-11(14)7-12(10)15/h4-5,7-8H,2-3,6,9H2,1H3. The molecule has 0 spiro atoms. The van der Waals surface area contributed by atoms with Crippen molar-refractivity contribution in [3.63, 3.8) is 0 Å². The van der Waals surface area contributed by atoms with Crippen molar-refractivity contribution in [1.29, 1.82) is 0 Å². The highest BCUT2D eigenvalue weighted by Crippen LogP contribution is 2.19. The zero-order chi connectivity index (χ0) is 14.1. The first-order valence-corrected chi connectivity index (χ1v) is 6.65. The Labute approximate surface area is 122 Å². The minimum absolute atomic E-state index is 0.217. The number of unbranched alkanes of at least 4 members (excludes halogenated alkanes) is 1. The molecule has 0 aromatic heterocycles. The highest BCUT2D eigenvalue weighted by Gasteiger charge is 2.02. The molecular weight excluding hydrogens is 289 g/mol. The predicted octanol–water partition coefficient (Wildman–Crippen LogP) is 3.69. The van der Waals surface area contributed by atoms with Crippen LogP contribution in [0.15, 0.2) is 23.4 Å². The number of carbonyl (C=O) groups is 1. The van der Waals surface area contributed by atoms with E-state index in [9.17, 15) is 4.79 Å². The van der Waals surface area contributed by atoms with Crippen molar-refractivity contribution in [2.45, 2.75) is 19.8 Å². The molecule has 1 rings (SSSR count). The molecule has 0 bridgehead atoms. The fourth-order valence-corrected chi connectivity index (χ4v) is 1.62. The third-order valence-electron chi connectivity index (χ3n) is 2.17. The highest BCUT2D eigenvalue weighted by atomic mass is 35.5. The second kappa shape index (κ2) is 8.77. The molecule has 104 valence electrons. The number of esters is 1. The maximum Gasteiger partial charge on any atom is 0.347 e. The maximum absolute atomic E-state index is 11.2. The minimum atomic E-state index is -0.437. The molecule has 0 aliphatic heterocycles. The quantitative estimate of drug-likeness (QED) is 0.334. The van der Waals surface area contributed by atoms with Crippen molar-refractivity contribution in [1.82, 2.24) is 0 Å². The first kappa shape index (κ1) is 15.8. The van der Waals surface area contributed by atoms with Gasteiger partial charge in [0.1, 0.15) is 0 Å². The third kappa shape index (κ3) is 6.45. The Kier molecular flexibility index (Phi) is 7.30. The SMILES string of the molecule is CCCCOC(=O)CON=Cc1ccc(Cl)cc1Cl. The van der Waals surface area contributed by atoms with E-state index in [0.29, 0.717) is 22.2 Å². The number of halogens is 2. The number of nitrogens with zero attached hydrogens (tertiary/aromatic N) is 1. The first-order chi connectivity index (χ1) is 9.13. The molecule has 0 aliphatic carbocycles. The van der Waals surface area contributed by atoms with Gasteiger partial charge in [-0.2, -0.15) is 0 Å². The van der Waals surface area contributed by atoms with Gasteiger partial charge in [0.15, 0.2) is 0 Å². The smallest absolute Gasteiger partial charge is 0.347 e. The Morgan fingerprint density at radius 3 is 2.89 bits per heavy atom. The van der Waals surface area contributed by atoms with Gasteiger partial charge in [0.05, 0.1) is 17.8 Å². The molecule has 0 saturated carbocycles. The molecule has 0 fully saturated rings. The number of rotatable bonds is 7. The first-order valence-electron chi connectivity index (χ1n) is 5.89. The molecule has 19 heavy (non-hydrogen) atoms. The molecular formula is C13H15Cl2NO3. The van der Waals surface area contributed by atoms with E-state index in [2.05, 4.69) is 5.16 Å². The largest absolute Gasteiger partial charge is 0.463 e. The van der Waals surface area contributed by atoms with Crippen LogP contribution in [0.1, 0.15) is 25.3 Å². The normalized spacial score (nSPS) is 10.7. The zero-order valence-electron chi connectivity index (χ0n) is 10.6. The van der Waals surface area contributed by atoms with Crippen molar-refractivity contribution in [3.8, 4) is 0 Å². The van der Waals surface area contributed by atoms with Crippen LogP contribution < -0.4 is 0 Å². The molecule has 0 atom stereocenters. The Hall–Kier alpha value is -1.26. The van der Waals surface area contributed by atoms with Crippen LogP contribution in [0.5, 0.6) is 0 Å². The number of ether oxygens (including phenoxy) is 1. The Balaban J connectivity index is 2.32. The van der Waals surface area contributed by atoms with Crippen LogP contribution in [0.25, 0.3) is 0 Å². The lowest BCUT2D eigenvalue weighted by molar-refractivity contribution is -0.149. The second-order valence-electron chi connectivity index (χ2n) is 3.75. The van der Waals surface area contributed by atoms with Gasteiger partial charge in [0.2, 0.25) is 6.61 Å². The molecule has 0 unspecified atom stereocenters. The van der Waals surface area contributed by atoms with Crippen LogP contribution in [-0.2, 0) is 14.4 Å². The number of hydrogen-bond donors (Lipinski definition) is 0. The van der Waals surface area contributed by atoms with Crippen LogP contribution in [0, 0.1) is 0 Å². The highest BCUT2D eigenvalue weighted by molar-refractivity contribution is 6.36. The average Bonchev–Trinajstić information content (AvgIpc) is 2.37. The molecule has 0 N–H and O–H groups in total. The second-order valence-corrected chi connectivity index (χ2v) is 4.59. The van der Waals surface area contributed by atoms with Gasteiger partial charge < -0.3 is 9.57 Å². The molecule has 4 nitrogen and oxygen atoms in total. The Morgan fingerprint density at radius 2 is 2.21 bits per heavy atom. The summed E-state index contributed by atoms with van der Waals surface area (Å²) < 4.78 is 4.89. The van der Waals surface area contributed by atoms with Gasteiger partial charge in [-0.1, -0.05) is 47.8 Å². The average molecular weight is 304 g/mol. The number of oxime groups is 1. The Bertz CT molecular complexity index is 450. The predicted molar refractivity (Wildman–Crippen MR) is 75.9 cm³/mol. The van der Waals surface area contributed by atoms with Crippen LogP contribution in [0.3, 0.4) is 0 Å². The van der Waals surface area contributed by atoms with Gasteiger partial charge in [0.25, 0.3) is 0 Å². The summed E-state index contributed by atoms with van der Waals surface area (Å²) in [6, 6.07) is 4.99. The van der Waals surface area contributed by atoms with Crippen molar-refractivity contribution >= 4 is 35.4 Å². The summed E-state index contributed by atoms with van der Waals surface area (Å²) in [6.45, 7) is 2.21. The topological polar surface area (TPSA) is 47.9 Å². The fraction of sp³-hybridized carbons (Fsp3) is 0.385. The van der Waals surface area contributed by atoms with E-state index >= 15 is 0 Å². The Morgan fingerprint density at radius 1 is 1.42 bits per heavy atom. The van der Waals surface area contributed by atoms with E-state index in [-0.39, 0.29) is 6.61 Å². The summed E-state index contributed by atoms with van der Waals surface area (Å²) in [5.41, 5.74) is 0.658. The summed E-state index contributed by atoms with van der Waals surface area (Å²) in [5.74, 6) is -0.437. The molecule has 1 aromatic carbocycles. The van der Waals surface area contributed by atoms with Gasteiger partial charge in [-0.15, -0.1) is 0 Å². The monoisotopic (exact) mass is 303 g/mol. The van der Waals surface area contributed by atoms with Crippen molar-refractivity contribution in [3.05, 3.63) is 33.8 Å². The van der Waals surface area contributed by atoms with Crippen LogP contribution in [-0.4, -0.2) is 25.4 Å². The number of hydrogen-bond acceptors (Lipinski definition) is 4. The van der Waals surface area contributed by atoms with Gasteiger partial charge in [-0.05, 0) is 18.6 Å². The molecule has 0 radical (unpaired) electrons. The number of carbonyl (C=O) groups excluding carboxylic acids is 1. The summed E-state index contributed by atoms with van der Waals surface area (Å²) in [7, 11) is 0. The number of benzene rings is 1. The lowest BCUT2D eigenvalue weighted by atomic mass is 10.2. The van der Waals surface area contributed by atoms with E-state index in [0.717, 1.165) is 12.8 Å². The summed E-state index contributed by atoms with van der Waals surface area (Å²) in [6.07, 6.45) is 3.23. The minimum Gasteiger partial charge on any atom is -0.463 e. The fourth-order valence-electron chi connectivity index (χ4n) is 1.16. The molecule has 0 amide bonds. The van der Waals surface area contributed by atoms with Crippen LogP contribution in [0.4, 0.5) is 0 Å². The molecule has 0 aliphatic rings. The lowest BCUT2D eigenvalue weighted by Crippen LogP contribution is -2.11.